The summed E-state index contributed by atoms with van der Waals surface area (Å²) in [5, 5.41) is 0.473. The van der Waals surface area contributed by atoms with Crippen molar-refractivity contribution < 1.29 is 13.9 Å². The van der Waals surface area contributed by atoms with Gasteiger partial charge >= 0.3 is 0 Å². The molecular formula is C29H27NO4. The molecule has 2 heterocycles. The summed E-state index contributed by atoms with van der Waals surface area (Å²) in [6.45, 7) is 2.86. The molecule has 0 aliphatic carbocycles. The topological polar surface area (TPSA) is 59.8 Å². The van der Waals surface area contributed by atoms with Crippen molar-refractivity contribution in [3.63, 3.8) is 0 Å². The van der Waals surface area contributed by atoms with Crippen LogP contribution < -0.4 is 15.1 Å². The second-order valence-electron chi connectivity index (χ2n) is 8.56. The lowest BCUT2D eigenvalue weighted by Gasteiger charge is -2.25. The first-order valence-corrected chi connectivity index (χ1v) is 11.9. The molecule has 1 aliphatic heterocycles. The van der Waals surface area contributed by atoms with E-state index in [-0.39, 0.29) is 17.1 Å². The van der Waals surface area contributed by atoms with Gasteiger partial charge in [0.1, 0.15) is 11.3 Å². The molecular weight excluding hydrogens is 426 g/mol. The first-order chi connectivity index (χ1) is 16.7. The molecule has 0 saturated carbocycles. The van der Waals surface area contributed by atoms with Crippen molar-refractivity contribution in [1.29, 1.82) is 0 Å². The first-order valence-electron chi connectivity index (χ1n) is 11.9. The Morgan fingerprint density at radius 1 is 0.853 bits per heavy atom. The number of hydrogen-bond donors (Lipinski definition) is 0. The minimum Gasteiger partial charge on any atom is -0.494 e. The summed E-state index contributed by atoms with van der Waals surface area (Å²) in [5.41, 5.74) is 2.16. The Labute approximate surface area is 198 Å². The molecule has 5 heteroatoms. The van der Waals surface area contributed by atoms with Gasteiger partial charge in [-0.05, 0) is 48.4 Å². The van der Waals surface area contributed by atoms with Gasteiger partial charge in [0.2, 0.25) is 5.76 Å². The third kappa shape index (κ3) is 3.98. The third-order valence-corrected chi connectivity index (χ3v) is 6.27. The van der Waals surface area contributed by atoms with Crippen LogP contribution in [0.5, 0.6) is 5.75 Å². The molecule has 1 atom stereocenters. The highest BCUT2D eigenvalue weighted by atomic mass is 16.5. The van der Waals surface area contributed by atoms with Crippen molar-refractivity contribution in [3.8, 4) is 5.75 Å². The van der Waals surface area contributed by atoms with E-state index < -0.39 is 6.04 Å². The standard InChI is InChI=1S/C29H27NO4/c1-2-3-4-10-19-33-22-17-15-20(16-18-22)26-25-27(31)23-13-8-9-14-24(23)34-28(25)29(32)30(26)21-11-6-5-7-12-21/h5-9,11-18,26H,2-4,10,19H2,1H3. The van der Waals surface area contributed by atoms with Gasteiger partial charge in [-0.3, -0.25) is 14.5 Å². The van der Waals surface area contributed by atoms with Gasteiger partial charge < -0.3 is 9.15 Å². The van der Waals surface area contributed by atoms with E-state index in [2.05, 4.69) is 6.92 Å². The summed E-state index contributed by atoms with van der Waals surface area (Å²) < 4.78 is 11.9. The van der Waals surface area contributed by atoms with Crippen molar-refractivity contribution in [2.75, 3.05) is 11.5 Å². The third-order valence-electron chi connectivity index (χ3n) is 6.27. The van der Waals surface area contributed by atoms with Gasteiger partial charge in [-0.15, -0.1) is 0 Å². The molecule has 0 bridgehead atoms. The molecule has 0 saturated heterocycles. The normalized spacial score (nSPS) is 15.0. The average molecular weight is 454 g/mol. The van der Waals surface area contributed by atoms with E-state index in [4.69, 9.17) is 9.15 Å². The Kier molecular flexibility index (Phi) is 6.17. The second kappa shape index (κ2) is 9.56. The maximum atomic E-state index is 13.6. The van der Waals surface area contributed by atoms with Gasteiger partial charge in [0.15, 0.2) is 5.43 Å². The smallest absolute Gasteiger partial charge is 0.295 e. The summed E-state index contributed by atoms with van der Waals surface area (Å²) in [6.07, 6.45) is 4.59. The van der Waals surface area contributed by atoms with E-state index in [0.717, 1.165) is 24.2 Å². The largest absolute Gasteiger partial charge is 0.494 e. The summed E-state index contributed by atoms with van der Waals surface area (Å²) in [5.74, 6) is 0.570. The zero-order valence-corrected chi connectivity index (χ0v) is 19.2. The number of ether oxygens (including phenoxy) is 1. The highest BCUT2D eigenvalue weighted by Crippen LogP contribution is 2.41. The lowest BCUT2D eigenvalue weighted by molar-refractivity contribution is 0.0971. The monoisotopic (exact) mass is 453 g/mol. The van der Waals surface area contributed by atoms with Crippen LogP contribution >= 0.6 is 0 Å². The first kappa shape index (κ1) is 22.0. The van der Waals surface area contributed by atoms with Crippen LogP contribution in [0.1, 0.15) is 60.3 Å². The molecule has 4 aromatic rings. The van der Waals surface area contributed by atoms with E-state index in [1.54, 1.807) is 29.2 Å². The van der Waals surface area contributed by atoms with E-state index in [1.165, 1.54) is 12.8 Å². The van der Waals surface area contributed by atoms with Crippen molar-refractivity contribution in [1.82, 2.24) is 0 Å². The summed E-state index contributed by atoms with van der Waals surface area (Å²) in [6, 6.07) is 23.5. The number of amides is 1. The van der Waals surface area contributed by atoms with Crippen molar-refractivity contribution in [2.24, 2.45) is 0 Å². The van der Waals surface area contributed by atoms with Crippen LogP contribution in [0.3, 0.4) is 0 Å². The highest BCUT2D eigenvalue weighted by molar-refractivity contribution is 6.10. The number of para-hydroxylation sites is 2. The van der Waals surface area contributed by atoms with Crippen LogP contribution in [0.15, 0.2) is 88.1 Å². The number of rotatable bonds is 8. The Morgan fingerprint density at radius 3 is 2.35 bits per heavy atom. The fourth-order valence-electron chi connectivity index (χ4n) is 4.56. The van der Waals surface area contributed by atoms with Gasteiger partial charge in [-0.25, -0.2) is 0 Å². The molecule has 1 aromatic heterocycles. The van der Waals surface area contributed by atoms with Crippen molar-refractivity contribution in [2.45, 2.75) is 38.6 Å². The quantitative estimate of drug-likeness (QED) is 0.286. The Balaban J connectivity index is 1.55. The Bertz CT molecular complexity index is 1360. The Hall–Kier alpha value is -3.86. The molecule has 1 unspecified atom stereocenters. The number of fused-ring (bicyclic) bond motifs is 2. The number of unbranched alkanes of at least 4 members (excludes halogenated alkanes) is 3. The number of benzene rings is 3. The molecule has 3 aromatic carbocycles. The molecule has 1 amide bonds. The molecule has 0 radical (unpaired) electrons. The fourth-order valence-corrected chi connectivity index (χ4v) is 4.56. The maximum Gasteiger partial charge on any atom is 0.295 e. The molecule has 172 valence electrons. The molecule has 34 heavy (non-hydrogen) atoms. The van der Waals surface area contributed by atoms with Crippen molar-refractivity contribution >= 4 is 22.6 Å². The molecule has 0 N–H and O–H groups in total. The molecule has 1 aliphatic rings. The number of hydrogen-bond acceptors (Lipinski definition) is 4. The molecule has 0 fully saturated rings. The van der Waals surface area contributed by atoms with Crippen LogP contribution in [-0.2, 0) is 0 Å². The van der Waals surface area contributed by atoms with Gasteiger partial charge in [-0.2, -0.15) is 0 Å². The van der Waals surface area contributed by atoms with Gasteiger partial charge in [0.25, 0.3) is 5.91 Å². The summed E-state index contributed by atoms with van der Waals surface area (Å²) >= 11 is 0. The number of carbonyl (C=O) groups is 1. The van der Waals surface area contributed by atoms with Crippen LogP contribution in [0.25, 0.3) is 11.0 Å². The van der Waals surface area contributed by atoms with E-state index in [1.807, 2.05) is 54.6 Å². The minimum absolute atomic E-state index is 0.105. The number of anilines is 1. The SMILES string of the molecule is CCCCCCOc1ccc(C2c3c(oc4ccccc4c3=O)C(=O)N2c2ccccc2)cc1. The van der Waals surface area contributed by atoms with Gasteiger partial charge in [-0.1, -0.05) is 68.7 Å². The predicted molar refractivity (Wildman–Crippen MR) is 134 cm³/mol. The van der Waals surface area contributed by atoms with E-state index in [0.29, 0.717) is 28.8 Å². The number of nitrogens with zero attached hydrogens (tertiary/aromatic N) is 1. The zero-order valence-electron chi connectivity index (χ0n) is 19.2. The van der Waals surface area contributed by atoms with Crippen LogP contribution in [0.4, 0.5) is 5.69 Å². The molecule has 0 spiro atoms. The Morgan fingerprint density at radius 2 is 1.59 bits per heavy atom. The predicted octanol–water partition coefficient (Wildman–Crippen LogP) is 6.50. The highest BCUT2D eigenvalue weighted by Gasteiger charge is 2.43. The molecule has 5 rings (SSSR count). The lowest BCUT2D eigenvalue weighted by atomic mass is 9.98. The van der Waals surface area contributed by atoms with Crippen LogP contribution in [0.2, 0.25) is 0 Å². The maximum absolute atomic E-state index is 13.6. The van der Waals surface area contributed by atoms with E-state index in [9.17, 15) is 9.59 Å². The fraction of sp³-hybridized carbons (Fsp3) is 0.241. The molecule has 5 nitrogen and oxygen atoms in total. The van der Waals surface area contributed by atoms with Gasteiger partial charge in [0.05, 0.1) is 23.6 Å². The summed E-state index contributed by atoms with van der Waals surface area (Å²) in [7, 11) is 0. The zero-order chi connectivity index (χ0) is 23.5. The van der Waals surface area contributed by atoms with Gasteiger partial charge in [0, 0.05) is 5.69 Å². The second-order valence-corrected chi connectivity index (χ2v) is 8.56. The lowest BCUT2D eigenvalue weighted by Crippen LogP contribution is -2.29. The minimum atomic E-state index is -0.579. The number of carbonyl (C=O) groups excluding carboxylic acids is 1. The summed E-state index contributed by atoms with van der Waals surface area (Å²) in [4.78, 5) is 28.7. The van der Waals surface area contributed by atoms with E-state index >= 15 is 0 Å². The average Bonchev–Trinajstić information content (AvgIpc) is 3.17. The van der Waals surface area contributed by atoms with Crippen LogP contribution in [0, 0.1) is 0 Å². The van der Waals surface area contributed by atoms with Crippen molar-refractivity contribution in [3.05, 3.63) is 106 Å². The van der Waals surface area contributed by atoms with Crippen LogP contribution in [-0.4, -0.2) is 12.5 Å².